The Kier molecular flexibility index (Phi) is 3.15. The van der Waals surface area contributed by atoms with Gasteiger partial charge < -0.3 is 15.0 Å². The number of hydrogen-bond acceptors (Lipinski definition) is 2. The van der Waals surface area contributed by atoms with Crippen LogP contribution in [0, 0.1) is 0 Å². The van der Waals surface area contributed by atoms with Gasteiger partial charge in [0.1, 0.15) is 0 Å². The van der Waals surface area contributed by atoms with E-state index < -0.39 is 6.09 Å². The Bertz CT molecular complexity index is 616. The lowest BCUT2D eigenvalue weighted by molar-refractivity contribution is 0.170. The van der Waals surface area contributed by atoms with E-state index in [-0.39, 0.29) is 0 Å². The molecule has 2 aromatic rings. The number of ether oxygens (including phenoxy) is 1. The number of aromatic amines is 1. The summed E-state index contributed by atoms with van der Waals surface area (Å²) in [6, 6.07) is 6.31. The molecular formula is C15H18N2O2. The van der Waals surface area contributed by atoms with Crippen LogP contribution < -0.4 is 5.32 Å². The second-order valence-electron chi connectivity index (χ2n) is 5.01. The smallest absolute Gasteiger partial charge is 0.407 e. The summed E-state index contributed by atoms with van der Waals surface area (Å²) < 4.78 is 4.58. The SMILES string of the molecule is COC(=O)NCc1ccc2[nH]c3c(c2c1)CCCC3. The van der Waals surface area contributed by atoms with Crippen molar-refractivity contribution < 1.29 is 9.53 Å². The van der Waals surface area contributed by atoms with Crippen LogP contribution in [0.3, 0.4) is 0 Å². The number of alkyl carbamates (subject to hydrolysis) is 1. The first kappa shape index (κ1) is 12.1. The average molecular weight is 258 g/mol. The van der Waals surface area contributed by atoms with Gasteiger partial charge in [0, 0.05) is 23.1 Å². The number of carbonyl (C=O) groups is 1. The first-order valence-corrected chi connectivity index (χ1v) is 6.72. The highest BCUT2D eigenvalue weighted by Crippen LogP contribution is 2.29. The van der Waals surface area contributed by atoms with Crippen LogP contribution >= 0.6 is 0 Å². The van der Waals surface area contributed by atoms with Gasteiger partial charge in [-0.2, -0.15) is 0 Å². The molecule has 0 atom stereocenters. The lowest BCUT2D eigenvalue weighted by Crippen LogP contribution is -2.22. The van der Waals surface area contributed by atoms with Crippen LogP contribution in [-0.2, 0) is 24.1 Å². The number of hydrogen-bond donors (Lipinski definition) is 2. The van der Waals surface area contributed by atoms with E-state index in [1.54, 1.807) is 0 Å². The maximum atomic E-state index is 11.1. The number of carbonyl (C=O) groups excluding carboxylic acids is 1. The monoisotopic (exact) mass is 258 g/mol. The molecule has 2 N–H and O–H groups in total. The van der Waals surface area contributed by atoms with Crippen molar-refractivity contribution >= 4 is 17.0 Å². The number of rotatable bonds is 2. The topological polar surface area (TPSA) is 54.1 Å². The van der Waals surface area contributed by atoms with E-state index in [4.69, 9.17) is 0 Å². The van der Waals surface area contributed by atoms with E-state index in [1.807, 2.05) is 6.07 Å². The molecule has 4 nitrogen and oxygen atoms in total. The molecule has 1 aliphatic rings. The van der Waals surface area contributed by atoms with Gasteiger partial charge in [0.15, 0.2) is 0 Å². The van der Waals surface area contributed by atoms with Crippen molar-refractivity contribution in [3.05, 3.63) is 35.0 Å². The maximum absolute atomic E-state index is 11.1. The third-order valence-electron chi connectivity index (χ3n) is 3.78. The quantitative estimate of drug-likeness (QED) is 0.870. The van der Waals surface area contributed by atoms with Crippen molar-refractivity contribution in [3.63, 3.8) is 0 Å². The highest BCUT2D eigenvalue weighted by Gasteiger charge is 2.15. The Morgan fingerprint density at radius 2 is 2.21 bits per heavy atom. The molecule has 1 aromatic heterocycles. The summed E-state index contributed by atoms with van der Waals surface area (Å²) in [5.74, 6) is 0. The first-order valence-electron chi connectivity index (χ1n) is 6.72. The Labute approximate surface area is 112 Å². The van der Waals surface area contributed by atoms with Crippen LogP contribution in [0.1, 0.15) is 29.7 Å². The number of fused-ring (bicyclic) bond motifs is 3. The standard InChI is InChI=1S/C15H18N2O2/c1-19-15(18)16-9-10-6-7-14-12(8-10)11-4-2-3-5-13(11)17-14/h6-8,17H,2-5,9H2,1H3,(H,16,18). The average Bonchev–Trinajstić information content (AvgIpc) is 2.82. The van der Waals surface area contributed by atoms with Gasteiger partial charge in [-0.1, -0.05) is 6.07 Å². The van der Waals surface area contributed by atoms with E-state index in [2.05, 4.69) is 27.2 Å². The second-order valence-corrected chi connectivity index (χ2v) is 5.01. The fourth-order valence-electron chi connectivity index (χ4n) is 2.81. The summed E-state index contributed by atoms with van der Waals surface area (Å²) >= 11 is 0. The minimum absolute atomic E-state index is 0.392. The van der Waals surface area contributed by atoms with Gasteiger partial charge in [0.25, 0.3) is 0 Å². The van der Waals surface area contributed by atoms with Crippen LogP contribution in [0.15, 0.2) is 18.2 Å². The number of amides is 1. The third kappa shape index (κ3) is 2.30. The molecule has 0 bridgehead atoms. The zero-order valence-corrected chi connectivity index (χ0v) is 11.1. The van der Waals surface area contributed by atoms with Crippen molar-refractivity contribution in [3.8, 4) is 0 Å². The Morgan fingerprint density at radius 1 is 1.37 bits per heavy atom. The molecule has 100 valence electrons. The summed E-state index contributed by atoms with van der Waals surface area (Å²) in [7, 11) is 1.38. The van der Waals surface area contributed by atoms with Crippen molar-refractivity contribution in [2.45, 2.75) is 32.2 Å². The predicted octanol–water partition coefficient (Wildman–Crippen LogP) is 2.90. The van der Waals surface area contributed by atoms with Crippen LogP contribution in [0.4, 0.5) is 4.79 Å². The normalized spacial score (nSPS) is 14.2. The van der Waals surface area contributed by atoms with E-state index in [0.29, 0.717) is 6.54 Å². The minimum atomic E-state index is -0.392. The van der Waals surface area contributed by atoms with E-state index in [0.717, 1.165) is 18.4 Å². The fourth-order valence-corrected chi connectivity index (χ4v) is 2.81. The van der Waals surface area contributed by atoms with Gasteiger partial charge in [-0.05, 0) is 48.9 Å². The van der Waals surface area contributed by atoms with Gasteiger partial charge >= 0.3 is 6.09 Å². The molecule has 0 radical (unpaired) electrons. The number of aryl methyl sites for hydroxylation is 2. The van der Waals surface area contributed by atoms with E-state index in [1.165, 1.54) is 42.1 Å². The summed E-state index contributed by atoms with van der Waals surface area (Å²) in [5.41, 5.74) is 5.15. The Balaban J connectivity index is 1.89. The lowest BCUT2D eigenvalue weighted by Gasteiger charge is -2.10. The summed E-state index contributed by atoms with van der Waals surface area (Å²) in [6.07, 6.45) is 4.46. The number of H-pyrrole nitrogens is 1. The first-order chi connectivity index (χ1) is 9.28. The zero-order chi connectivity index (χ0) is 13.2. The van der Waals surface area contributed by atoms with Crippen molar-refractivity contribution in [1.82, 2.24) is 10.3 Å². The van der Waals surface area contributed by atoms with Crippen molar-refractivity contribution in [1.29, 1.82) is 0 Å². The van der Waals surface area contributed by atoms with E-state index >= 15 is 0 Å². The number of benzene rings is 1. The van der Waals surface area contributed by atoms with Crippen molar-refractivity contribution in [2.75, 3.05) is 7.11 Å². The molecule has 1 aromatic carbocycles. The molecule has 3 rings (SSSR count). The number of aromatic nitrogens is 1. The molecule has 0 spiro atoms. The Hall–Kier alpha value is -1.97. The predicted molar refractivity (Wildman–Crippen MR) is 74.2 cm³/mol. The number of methoxy groups -OCH3 is 1. The van der Waals surface area contributed by atoms with Crippen LogP contribution in [0.5, 0.6) is 0 Å². The molecule has 1 amide bonds. The van der Waals surface area contributed by atoms with Crippen LogP contribution in [0.2, 0.25) is 0 Å². The van der Waals surface area contributed by atoms with E-state index in [9.17, 15) is 4.79 Å². The molecule has 0 saturated heterocycles. The van der Waals surface area contributed by atoms with Crippen molar-refractivity contribution in [2.24, 2.45) is 0 Å². The molecule has 4 heteroatoms. The van der Waals surface area contributed by atoms with Gasteiger partial charge in [-0.25, -0.2) is 4.79 Å². The second kappa shape index (κ2) is 4.96. The fraction of sp³-hybridized carbons (Fsp3) is 0.400. The summed E-state index contributed by atoms with van der Waals surface area (Å²) in [4.78, 5) is 14.6. The Morgan fingerprint density at radius 3 is 3.05 bits per heavy atom. The largest absolute Gasteiger partial charge is 0.453 e. The highest BCUT2D eigenvalue weighted by molar-refractivity contribution is 5.85. The molecule has 1 heterocycles. The molecular weight excluding hydrogens is 240 g/mol. The van der Waals surface area contributed by atoms with Gasteiger partial charge in [0.05, 0.1) is 7.11 Å². The highest BCUT2D eigenvalue weighted by atomic mass is 16.5. The number of nitrogens with one attached hydrogen (secondary N) is 2. The maximum Gasteiger partial charge on any atom is 0.407 e. The third-order valence-corrected chi connectivity index (χ3v) is 3.78. The minimum Gasteiger partial charge on any atom is -0.453 e. The molecule has 0 aliphatic heterocycles. The lowest BCUT2D eigenvalue weighted by atomic mass is 9.95. The van der Waals surface area contributed by atoms with Gasteiger partial charge in [-0.15, -0.1) is 0 Å². The van der Waals surface area contributed by atoms with Crippen LogP contribution in [-0.4, -0.2) is 18.2 Å². The molecule has 1 aliphatic carbocycles. The zero-order valence-electron chi connectivity index (χ0n) is 11.1. The summed E-state index contributed by atoms with van der Waals surface area (Å²) in [5, 5.41) is 4.02. The van der Waals surface area contributed by atoms with Gasteiger partial charge in [0.2, 0.25) is 0 Å². The molecule has 0 fully saturated rings. The van der Waals surface area contributed by atoms with Gasteiger partial charge in [-0.3, -0.25) is 0 Å². The van der Waals surface area contributed by atoms with Crippen LogP contribution in [0.25, 0.3) is 10.9 Å². The summed E-state index contributed by atoms with van der Waals surface area (Å²) in [6.45, 7) is 0.503. The molecule has 19 heavy (non-hydrogen) atoms. The molecule has 0 saturated carbocycles. The molecule has 0 unspecified atom stereocenters.